The average Bonchev–Trinajstić information content (AvgIpc) is 3.64. The maximum atomic E-state index is 12.7. The second kappa shape index (κ2) is 11.9. The summed E-state index contributed by atoms with van der Waals surface area (Å²) < 4.78 is 46.5. The number of allylic oxidation sites excluding steroid dienone is 3. The van der Waals surface area contributed by atoms with Gasteiger partial charge in [-0.25, -0.2) is 4.79 Å². The third-order valence-electron chi connectivity index (χ3n) is 5.69. The molecule has 1 unspecified atom stereocenters. The number of rotatable bonds is 10. The lowest BCUT2D eigenvalue weighted by Crippen LogP contribution is -2.38. The van der Waals surface area contributed by atoms with Crippen molar-refractivity contribution in [3.8, 4) is 5.75 Å². The van der Waals surface area contributed by atoms with Crippen LogP contribution in [-0.2, 0) is 14.3 Å². The summed E-state index contributed by atoms with van der Waals surface area (Å²) in [7, 11) is 0. The number of nitrogens with zero attached hydrogens (tertiary/aromatic N) is 1. The van der Waals surface area contributed by atoms with E-state index in [2.05, 4.69) is 16.6 Å². The molecule has 1 fully saturated rings. The van der Waals surface area contributed by atoms with E-state index >= 15 is 0 Å². The molecule has 7 nitrogen and oxygen atoms in total. The topological polar surface area (TPSA) is 93.9 Å². The van der Waals surface area contributed by atoms with Gasteiger partial charge in [0, 0.05) is 30.4 Å². The van der Waals surface area contributed by atoms with Crippen molar-refractivity contribution in [2.45, 2.75) is 44.6 Å². The minimum absolute atomic E-state index is 0.172. The van der Waals surface area contributed by atoms with E-state index in [9.17, 15) is 22.8 Å². The van der Waals surface area contributed by atoms with E-state index in [0.29, 0.717) is 36.3 Å². The highest BCUT2D eigenvalue weighted by atomic mass is 19.4. The number of alkyl halides is 3. The number of nitrogens with one attached hydrogen (secondary N) is 1. The van der Waals surface area contributed by atoms with Gasteiger partial charge in [-0.15, -0.1) is 13.2 Å². The van der Waals surface area contributed by atoms with Gasteiger partial charge in [0.2, 0.25) is 0 Å². The summed E-state index contributed by atoms with van der Waals surface area (Å²) in [6.07, 6.45) is 4.60. The van der Waals surface area contributed by atoms with Crippen LogP contribution < -0.4 is 15.8 Å². The standard InChI is InChI=1S/C26H30F3N3O4/c1-3-35-25(34)23(19-7-11-21(12-8-19)36-26(27,28)29)32-15-13-18(14-16-32)22(30)6-4-5-17(2)24(33)31-20-9-10-20/h4-8,11-13,20,23H,2-3,9-10,14-16,30H2,1H3,(H,31,33)/b5-4-,22-6-. The Morgan fingerprint density at radius 1 is 1.28 bits per heavy atom. The van der Waals surface area contributed by atoms with Crippen LogP contribution in [0.25, 0.3) is 0 Å². The van der Waals surface area contributed by atoms with Gasteiger partial charge in [0.1, 0.15) is 11.8 Å². The van der Waals surface area contributed by atoms with Crippen molar-refractivity contribution in [2.24, 2.45) is 5.73 Å². The van der Waals surface area contributed by atoms with Gasteiger partial charge in [-0.1, -0.05) is 30.9 Å². The normalized spacial score (nSPS) is 17.9. The second-order valence-electron chi connectivity index (χ2n) is 8.50. The molecule has 1 saturated carbocycles. The fraction of sp³-hybridized carbons (Fsp3) is 0.385. The van der Waals surface area contributed by atoms with Crippen molar-refractivity contribution in [3.05, 3.63) is 77.6 Å². The molecular weight excluding hydrogens is 475 g/mol. The van der Waals surface area contributed by atoms with Gasteiger partial charge >= 0.3 is 12.3 Å². The molecule has 0 bridgehead atoms. The fourth-order valence-corrected chi connectivity index (χ4v) is 3.71. The number of amides is 1. The predicted octanol–water partition coefficient (Wildman–Crippen LogP) is 4.06. The third-order valence-corrected chi connectivity index (χ3v) is 5.69. The number of carbonyl (C=O) groups is 2. The Balaban J connectivity index is 1.66. The van der Waals surface area contributed by atoms with E-state index in [1.165, 1.54) is 24.3 Å². The molecule has 1 aromatic rings. The molecule has 2 aliphatic rings. The zero-order chi connectivity index (χ0) is 26.3. The quantitative estimate of drug-likeness (QED) is 0.283. The molecule has 0 aromatic heterocycles. The lowest BCUT2D eigenvalue weighted by atomic mass is 9.99. The van der Waals surface area contributed by atoms with Crippen molar-refractivity contribution in [1.29, 1.82) is 0 Å². The zero-order valence-electron chi connectivity index (χ0n) is 20.0. The van der Waals surface area contributed by atoms with Gasteiger partial charge in [-0.05, 0) is 61.6 Å². The highest BCUT2D eigenvalue weighted by Gasteiger charge is 2.33. The van der Waals surface area contributed by atoms with E-state index in [1.54, 1.807) is 25.2 Å². The molecule has 0 saturated heterocycles. The Kier molecular flexibility index (Phi) is 8.98. The molecule has 1 aliphatic carbocycles. The smallest absolute Gasteiger partial charge is 0.465 e. The first kappa shape index (κ1) is 27.1. The SMILES string of the molecule is C=C(/C=C\C=C(/N)C1=CCN(C(C(=O)OCC)c2ccc(OC(F)(F)F)cc2)CC1)C(=O)NC1CC1. The number of hydrogen-bond acceptors (Lipinski definition) is 6. The van der Waals surface area contributed by atoms with Crippen LogP contribution in [0.5, 0.6) is 5.75 Å². The van der Waals surface area contributed by atoms with Crippen LogP contribution in [0.3, 0.4) is 0 Å². The first-order valence-electron chi connectivity index (χ1n) is 11.7. The number of halogens is 3. The number of benzene rings is 1. The molecule has 1 heterocycles. The summed E-state index contributed by atoms with van der Waals surface area (Å²) >= 11 is 0. The van der Waals surface area contributed by atoms with Crippen molar-refractivity contribution in [1.82, 2.24) is 10.2 Å². The van der Waals surface area contributed by atoms with E-state index < -0.39 is 18.4 Å². The third kappa shape index (κ3) is 8.01. The van der Waals surface area contributed by atoms with Crippen LogP contribution in [0, 0.1) is 0 Å². The van der Waals surface area contributed by atoms with Crippen molar-refractivity contribution in [2.75, 3.05) is 19.7 Å². The summed E-state index contributed by atoms with van der Waals surface area (Å²) in [5, 5.41) is 2.86. The van der Waals surface area contributed by atoms with Gasteiger partial charge in [-0.3, -0.25) is 9.69 Å². The van der Waals surface area contributed by atoms with Crippen LogP contribution in [0.4, 0.5) is 13.2 Å². The molecule has 3 N–H and O–H groups in total. The fourth-order valence-electron chi connectivity index (χ4n) is 3.71. The Bertz CT molecular complexity index is 1060. The molecular formula is C26H30F3N3O4. The van der Waals surface area contributed by atoms with E-state index in [4.69, 9.17) is 10.5 Å². The summed E-state index contributed by atoms with van der Waals surface area (Å²) in [5.74, 6) is -1.06. The summed E-state index contributed by atoms with van der Waals surface area (Å²) in [6.45, 7) is 6.48. The number of esters is 1. The Morgan fingerprint density at radius 3 is 2.53 bits per heavy atom. The first-order valence-corrected chi connectivity index (χ1v) is 11.7. The van der Waals surface area contributed by atoms with Crippen LogP contribution in [-0.4, -0.2) is 48.9 Å². The highest BCUT2D eigenvalue weighted by Crippen LogP contribution is 2.30. The van der Waals surface area contributed by atoms with Crippen LogP contribution >= 0.6 is 0 Å². The van der Waals surface area contributed by atoms with Crippen molar-refractivity contribution >= 4 is 11.9 Å². The Morgan fingerprint density at radius 2 is 1.97 bits per heavy atom. The highest BCUT2D eigenvalue weighted by molar-refractivity contribution is 5.95. The molecule has 3 rings (SSSR count). The molecule has 194 valence electrons. The minimum Gasteiger partial charge on any atom is -0.465 e. The Labute approximate surface area is 208 Å². The molecule has 1 aromatic carbocycles. The second-order valence-corrected chi connectivity index (χ2v) is 8.50. The Hall–Kier alpha value is -3.53. The molecule has 1 amide bonds. The van der Waals surface area contributed by atoms with Gasteiger partial charge in [0.25, 0.3) is 5.91 Å². The minimum atomic E-state index is -4.80. The van der Waals surface area contributed by atoms with E-state index in [-0.39, 0.29) is 24.3 Å². The lowest BCUT2D eigenvalue weighted by molar-refractivity contribution is -0.274. The van der Waals surface area contributed by atoms with Crippen molar-refractivity contribution < 1.29 is 32.2 Å². The summed E-state index contributed by atoms with van der Waals surface area (Å²) in [6, 6.07) is 4.66. The van der Waals surface area contributed by atoms with Gasteiger partial charge in [-0.2, -0.15) is 0 Å². The van der Waals surface area contributed by atoms with Crippen LogP contribution in [0.1, 0.15) is 37.8 Å². The van der Waals surface area contributed by atoms with Crippen LogP contribution in [0.2, 0.25) is 0 Å². The summed E-state index contributed by atoms with van der Waals surface area (Å²) in [4.78, 5) is 26.5. The maximum Gasteiger partial charge on any atom is 0.573 e. The molecule has 0 spiro atoms. The number of carbonyl (C=O) groups excluding carboxylic acids is 2. The predicted molar refractivity (Wildman–Crippen MR) is 128 cm³/mol. The molecule has 36 heavy (non-hydrogen) atoms. The zero-order valence-corrected chi connectivity index (χ0v) is 20.0. The van der Waals surface area contributed by atoms with Crippen molar-refractivity contribution in [3.63, 3.8) is 0 Å². The maximum absolute atomic E-state index is 12.7. The molecule has 0 radical (unpaired) electrons. The molecule has 1 aliphatic heterocycles. The monoisotopic (exact) mass is 505 g/mol. The number of hydrogen-bond donors (Lipinski definition) is 2. The van der Waals surface area contributed by atoms with E-state index in [1.807, 2.05) is 11.0 Å². The van der Waals surface area contributed by atoms with E-state index in [0.717, 1.165) is 18.4 Å². The lowest BCUT2D eigenvalue weighted by Gasteiger charge is -2.33. The van der Waals surface area contributed by atoms with Crippen LogP contribution in [0.15, 0.2) is 72.0 Å². The summed E-state index contributed by atoms with van der Waals surface area (Å²) in [5.41, 5.74) is 8.46. The molecule has 10 heteroatoms. The largest absolute Gasteiger partial charge is 0.573 e. The van der Waals surface area contributed by atoms with Gasteiger partial charge in [0.15, 0.2) is 0 Å². The average molecular weight is 506 g/mol. The number of ether oxygens (including phenoxy) is 2. The number of nitrogens with two attached hydrogens (primary N) is 1. The first-order chi connectivity index (χ1) is 17.1. The van der Waals surface area contributed by atoms with Gasteiger partial charge in [0.05, 0.1) is 6.61 Å². The molecule has 1 atom stereocenters. The van der Waals surface area contributed by atoms with Gasteiger partial charge < -0.3 is 20.5 Å².